The molecular weight excluding hydrogens is 277 g/mol. The van der Waals surface area contributed by atoms with Gasteiger partial charge in [0.05, 0.1) is 5.60 Å². The number of amides is 1. The van der Waals surface area contributed by atoms with Crippen molar-refractivity contribution in [3.63, 3.8) is 0 Å². The Morgan fingerprint density at radius 2 is 1.86 bits per heavy atom. The fourth-order valence-electron chi connectivity index (χ4n) is 2.51. The van der Waals surface area contributed by atoms with Crippen molar-refractivity contribution in [1.29, 1.82) is 0 Å². The molecule has 1 unspecified atom stereocenters. The third kappa shape index (κ3) is 4.34. The van der Waals surface area contributed by atoms with Crippen LogP contribution in [0.2, 0.25) is 0 Å². The van der Waals surface area contributed by atoms with E-state index in [-0.39, 0.29) is 24.7 Å². The van der Waals surface area contributed by atoms with Crippen LogP contribution in [0.15, 0.2) is 24.3 Å². The van der Waals surface area contributed by atoms with Gasteiger partial charge in [-0.3, -0.25) is 4.79 Å². The Bertz CT molecular complexity index is 534. The van der Waals surface area contributed by atoms with Gasteiger partial charge < -0.3 is 14.6 Å². The Balaban J connectivity index is 2.07. The van der Waals surface area contributed by atoms with Gasteiger partial charge >= 0.3 is 7.12 Å². The van der Waals surface area contributed by atoms with Crippen LogP contribution in [0.4, 0.5) is 5.69 Å². The van der Waals surface area contributed by atoms with Gasteiger partial charge in [-0.25, -0.2) is 0 Å². The van der Waals surface area contributed by atoms with E-state index in [0.29, 0.717) is 0 Å². The molecule has 1 atom stereocenters. The zero-order valence-electron chi connectivity index (χ0n) is 14.4. The average molecular weight is 303 g/mol. The van der Waals surface area contributed by atoms with E-state index in [0.717, 1.165) is 17.6 Å². The van der Waals surface area contributed by atoms with Crippen LogP contribution in [0.25, 0.3) is 0 Å². The molecule has 1 aliphatic rings. The highest BCUT2D eigenvalue weighted by molar-refractivity contribution is 6.61. The van der Waals surface area contributed by atoms with E-state index in [2.05, 4.69) is 26.1 Å². The van der Waals surface area contributed by atoms with Gasteiger partial charge in [0.2, 0.25) is 5.91 Å². The molecule has 1 aromatic carbocycles. The molecule has 1 aliphatic heterocycles. The lowest BCUT2D eigenvalue weighted by molar-refractivity contribution is -0.123. The summed E-state index contributed by atoms with van der Waals surface area (Å²) in [6.07, 6.45) is 1.04. The largest absolute Gasteiger partial charge is 0.494 e. The number of carbonyl (C=O) groups is 1. The zero-order valence-corrected chi connectivity index (χ0v) is 14.4. The first-order valence-corrected chi connectivity index (χ1v) is 7.81. The fraction of sp³-hybridized carbons (Fsp3) is 0.588. The molecule has 0 spiro atoms. The van der Waals surface area contributed by atoms with Crippen LogP contribution >= 0.6 is 0 Å². The molecule has 1 N–H and O–H groups in total. The van der Waals surface area contributed by atoms with Crippen LogP contribution in [0.3, 0.4) is 0 Å². The first-order chi connectivity index (χ1) is 10.1. The summed E-state index contributed by atoms with van der Waals surface area (Å²) < 4.78 is 11.9. The number of nitrogens with one attached hydrogen (secondary N) is 1. The Morgan fingerprint density at radius 3 is 2.36 bits per heavy atom. The van der Waals surface area contributed by atoms with E-state index >= 15 is 0 Å². The van der Waals surface area contributed by atoms with Gasteiger partial charge in [-0.1, -0.05) is 32.9 Å². The monoisotopic (exact) mass is 303 g/mol. The maximum atomic E-state index is 12.0. The lowest BCUT2D eigenvalue weighted by Gasteiger charge is -2.38. The lowest BCUT2D eigenvalue weighted by atomic mass is 9.75. The van der Waals surface area contributed by atoms with E-state index in [9.17, 15) is 4.79 Å². The first-order valence-electron chi connectivity index (χ1n) is 7.81. The quantitative estimate of drug-likeness (QED) is 0.855. The second kappa shape index (κ2) is 6.05. The maximum absolute atomic E-state index is 12.0. The predicted molar refractivity (Wildman–Crippen MR) is 90.2 cm³/mol. The third-order valence-electron chi connectivity index (χ3n) is 3.68. The van der Waals surface area contributed by atoms with E-state index in [1.165, 1.54) is 0 Å². The van der Waals surface area contributed by atoms with E-state index in [1.807, 2.05) is 45.0 Å². The van der Waals surface area contributed by atoms with Gasteiger partial charge in [0.15, 0.2) is 0 Å². The van der Waals surface area contributed by atoms with Crippen molar-refractivity contribution in [3.8, 4) is 0 Å². The molecule has 22 heavy (non-hydrogen) atoms. The van der Waals surface area contributed by atoms with Gasteiger partial charge in [-0.05, 0) is 44.8 Å². The SMILES string of the molecule is CC1CC(C)(C)OB(c2ccc(NC(=O)C(C)(C)C)cc2)O1. The fourth-order valence-corrected chi connectivity index (χ4v) is 2.51. The van der Waals surface area contributed by atoms with Crippen molar-refractivity contribution >= 4 is 24.2 Å². The summed E-state index contributed by atoms with van der Waals surface area (Å²) in [5, 5.41) is 2.92. The highest BCUT2D eigenvalue weighted by Crippen LogP contribution is 2.25. The molecular formula is C17H26BNO3. The Hall–Kier alpha value is -1.33. The highest BCUT2D eigenvalue weighted by Gasteiger charge is 2.38. The second-order valence-corrected chi connectivity index (χ2v) is 7.69. The van der Waals surface area contributed by atoms with Crippen molar-refractivity contribution in [1.82, 2.24) is 0 Å². The minimum Gasteiger partial charge on any atom is -0.405 e. The molecule has 120 valence electrons. The maximum Gasteiger partial charge on any atom is 0.494 e. The Morgan fingerprint density at radius 1 is 1.27 bits per heavy atom. The van der Waals surface area contributed by atoms with Gasteiger partial charge in [-0.15, -0.1) is 0 Å². The Labute approximate surface area is 133 Å². The van der Waals surface area contributed by atoms with Crippen molar-refractivity contribution in [3.05, 3.63) is 24.3 Å². The van der Waals surface area contributed by atoms with Crippen molar-refractivity contribution in [2.45, 2.75) is 59.7 Å². The molecule has 1 amide bonds. The van der Waals surface area contributed by atoms with Crippen LogP contribution in [-0.4, -0.2) is 24.7 Å². The number of carbonyl (C=O) groups excluding carboxylic acids is 1. The Kier molecular flexibility index (Phi) is 4.69. The minimum absolute atomic E-state index is 0.000159. The molecule has 0 radical (unpaired) electrons. The van der Waals surface area contributed by atoms with Gasteiger partial charge in [0, 0.05) is 17.2 Å². The lowest BCUT2D eigenvalue weighted by Crippen LogP contribution is -2.51. The minimum atomic E-state index is -0.409. The molecule has 0 bridgehead atoms. The summed E-state index contributed by atoms with van der Waals surface area (Å²) in [6.45, 7) is 11.9. The first kappa shape index (κ1) is 17.0. The summed E-state index contributed by atoms with van der Waals surface area (Å²) in [6, 6.07) is 7.66. The number of rotatable bonds is 2. The molecule has 1 heterocycles. The summed E-state index contributed by atoms with van der Waals surface area (Å²) in [4.78, 5) is 12.0. The molecule has 1 aromatic rings. The van der Waals surface area contributed by atoms with Crippen LogP contribution in [0.1, 0.15) is 48.0 Å². The molecule has 0 saturated carbocycles. The molecule has 0 aliphatic carbocycles. The highest BCUT2D eigenvalue weighted by atomic mass is 16.6. The van der Waals surface area contributed by atoms with Crippen LogP contribution in [-0.2, 0) is 14.1 Å². The summed E-state index contributed by atoms with van der Waals surface area (Å²) in [5.41, 5.74) is 1.15. The van der Waals surface area contributed by atoms with E-state index in [4.69, 9.17) is 9.31 Å². The van der Waals surface area contributed by atoms with E-state index < -0.39 is 5.41 Å². The molecule has 1 saturated heterocycles. The number of anilines is 1. The van der Waals surface area contributed by atoms with Gasteiger partial charge in [0.1, 0.15) is 0 Å². The number of hydrogen-bond donors (Lipinski definition) is 1. The molecule has 1 fully saturated rings. The smallest absolute Gasteiger partial charge is 0.405 e. The standard InChI is InChI=1S/C17H26BNO3/c1-12-11-17(5,6)22-18(21-12)13-7-9-14(10-8-13)19-15(20)16(2,3)4/h7-10,12H,11H2,1-6H3,(H,19,20). The van der Waals surface area contributed by atoms with Crippen LogP contribution in [0.5, 0.6) is 0 Å². The van der Waals surface area contributed by atoms with Gasteiger partial charge in [0.25, 0.3) is 0 Å². The number of benzene rings is 1. The predicted octanol–water partition coefficient (Wildman–Crippen LogP) is 2.97. The van der Waals surface area contributed by atoms with E-state index in [1.54, 1.807) is 0 Å². The molecule has 4 nitrogen and oxygen atoms in total. The summed E-state index contributed by atoms with van der Waals surface area (Å²) in [7, 11) is -0.355. The molecule has 5 heteroatoms. The average Bonchev–Trinajstić information content (AvgIpc) is 2.36. The van der Waals surface area contributed by atoms with Crippen molar-refractivity contribution < 1.29 is 14.1 Å². The molecule has 0 aromatic heterocycles. The van der Waals surface area contributed by atoms with Crippen LogP contribution in [0, 0.1) is 5.41 Å². The van der Waals surface area contributed by atoms with Gasteiger partial charge in [-0.2, -0.15) is 0 Å². The second-order valence-electron chi connectivity index (χ2n) is 7.69. The summed E-state index contributed by atoms with van der Waals surface area (Å²) in [5.74, 6) is 0.000159. The topological polar surface area (TPSA) is 47.6 Å². The normalized spacial score (nSPS) is 21.5. The van der Waals surface area contributed by atoms with Crippen LogP contribution < -0.4 is 10.8 Å². The zero-order chi connectivity index (χ0) is 16.5. The summed E-state index contributed by atoms with van der Waals surface area (Å²) >= 11 is 0. The van der Waals surface area contributed by atoms with Crippen molar-refractivity contribution in [2.75, 3.05) is 5.32 Å². The molecule has 2 rings (SSSR count). The number of hydrogen-bond acceptors (Lipinski definition) is 3. The van der Waals surface area contributed by atoms with Crippen molar-refractivity contribution in [2.24, 2.45) is 5.41 Å². The third-order valence-corrected chi connectivity index (χ3v) is 3.68.